The van der Waals surface area contributed by atoms with Gasteiger partial charge in [-0.2, -0.15) is 0 Å². The van der Waals surface area contributed by atoms with Crippen molar-refractivity contribution >= 4 is 5.78 Å². The van der Waals surface area contributed by atoms with E-state index < -0.39 is 6.10 Å². The van der Waals surface area contributed by atoms with E-state index in [1.165, 1.54) is 5.56 Å². The third-order valence-electron chi connectivity index (χ3n) is 5.05. The van der Waals surface area contributed by atoms with E-state index >= 15 is 0 Å². The summed E-state index contributed by atoms with van der Waals surface area (Å²) in [6, 6.07) is 5.48. The lowest BCUT2D eigenvalue weighted by Crippen LogP contribution is -2.49. The Hall–Kier alpha value is -1.61. The Morgan fingerprint density at radius 3 is 3.00 bits per heavy atom. The van der Waals surface area contributed by atoms with Gasteiger partial charge in [0.1, 0.15) is 11.9 Å². The van der Waals surface area contributed by atoms with Gasteiger partial charge in [0.2, 0.25) is 0 Å². The van der Waals surface area contributed by atoms with Gasteiger partial charge in [0.25, 0.3) is 0 Å². The Labute approximate surface area is 118 Å². The Balaban J connectivity index is 2.12. The van der Waals surface area contributed by atoms with Gasteiger partial charge in [0.15, 0.2) is 5.78 Å². The summed E-state index contributed by atoms with van der Waals surface area (Å²) in [5.41, 5.74) is 2.12. The minimum absolute atomic E-state index is 0.0306. The number of rotatable bonds is 2. The smallest absolute Gasteiger partial charge is 0.161 e. The maximum atomic E-state index is 11.8. The Morgan fingerprint density at radius 1 is 1.45 bits per heavy atom. The molecule has 0 heterocycles. The van der Waals surface area contributed by atoms with Gasteiger partial charge in [0, 0.05) is 11.8 Å². The number of aliphatic hydroxyl groups excluding tert-OH is 1. The fraction of sp³-hybridized carbons (Fsp3) is 0.471. The van der Waals surface area contributed by atoms with Crippen LogP contribution in [0.25, 0.3) is 0 Å². The molecule has 2 aliphatic rings. The van der Waals surface area contributed by atoms with Crippen molar-refractivity contribution in [1.29, 1.82) is 0 Å². The van der Waals surface area contributed by atoms with Crippen molar-refractivity contribution in [2.45, 2.75) is 43.6 Å². The van der Waals surface area contributed by atoms with E-state index in [1.54, 1.807) is 6.07 Å². The highest BCUT2D eigenvalue weighted by molar-refractivity contribution is 5.84. The van der Waals surface area contributed by atoms with Gasteiger partial charge >= 0.3 is 0 Å². The first-order valence-electron chi connectivity index (χ1n) is 7.21. The van der Waals surface area contributed by atoms with Crippen molar-refractivity contribution in [2.75, 3.05) is 0 Å². The summed E-state index contributed by atoms with van der Waals surface area (Å²) in [6.45, 7) is 3.86. The third kappa shape index (κ3) is 1.88. The Bertz CT molecular complexity index is 563. The van der Waals surface area contributed by atoms with Crippen molar-refractivity contribution in [3.8, 4) is 5.75 Å². The van der Waals surface area contributed by atoms with Crippen LogP contribution in [0.5, 0.6) is 5.75 Å². The van der Waals surface area contributed by atoms with Gasteiger partial charge in [-0.3, -0.25) is 4.79 Å². The second-order valence-corrected chi connectivity index (χ2v) is 6.12. The van der Waals surface area contributed by atoms with Crippen LogP contribution in [0.4, 0.5) is 0 Å². The highest BCUT2D eigenvalue weighted by Crippen LogP contribution is 2.52. The van der Waals surface area contributed by atoms with E-state index in [-0.39, 0.29) is 22.9 Å². The van der Waals surface area contributed by atoms with Gasteiger partial charge in [-0.05, 0) is 54.9 Å². The molecule has 2 aliphatic carbocycles. The quantitative estimate of drug-likeness (QED) is 0.813. The second-order valence-electron chi connectivity index (χ2n) is 6.12. The Morgan fingerprint density at radius 2 is 2.25 bits per heavy atom. The van der Waals surface area contributed by atoms with Gasteiger partial charge in [-0.1, -0.05) is 12.1 Å². The number of phenolic OH excluding ortho intramolecular Hbond substituents is 1. The molecule has 3 rings (SSSR count). The first-order chi connectivity index (χ1) is 9.56. The van der Waals surface area contributed by atoms with E-state index in [0.717, 1.165) is 24.8 Å². The van der Waals surface area contributed by atoms with Crippen molar-refractivity contribution in [3.05, 3.63) is 42.0 Å². The average Bonchev–Trinajstić information content (AvgIpc) is 2.41. The normalized spacial score (nSPS) is 32.4. The summed E-state index contributed by atoms with van der Waals surface area (Å²) in [6.07, 6.45) is 4.53. The number of hydrogen-bond donors (Lipinski definition) is 2. The number of Topliss-reactive ketones (excluding diaryl/α,β-unsaturated/α-hetero) is 1. The number of fused-ring (bicyclic) bond motifs is 3. The zero-order chi connectivity index (χ0) is 14.3. The van der Waals surface area contributed by atoms with Crippen LogP contribution >= 0.6 is 0 Å². The lowest BCUT2D eigenvalue weighted by Gasteiger charge is -2.49. The zero-order valence-electron chi connectivity index (χ0n) is 11.5. The number of ketones is 1. The second kappa shape index (κ2) is 4.74. The molecule has 2 N–H and O–H groups in total. The molecule has 0 spiro atoms. The number of aromatic hydroxyl groups is 1. The van der Waals surface area contributed by atoms with Crippen LogP contribution in [0.15, 0.2) is 30.9 Å². The van der Waals surface area contributed by atoms with E-state index in [4.69, 9.17) is 0 Å². The minimum atomic E-state index is -0.869. The number of aliphatic hydroxyl groups is 1. The lowest BCUT2D eigenvalue weighted by molar-refractivity contribution is -0.134. The number of aryl methyl sites for hydroxylation is 1. The standard InChI is InChI=1S/C17H20O3/c1-2-7-17-10-16(20)15(19)9-12(17)4-3-11-8-13(18)5-6-14(11)17/h2,5-6,8,12,16,18,20H,1,3-4,7,9-10H2/t12-,16+,17-/m1/s1. The fourth-order valence-corrected chi connectivity index (χ4v) is 4.13. The molecule has 3 heteroatoms. The summed E-state index contributed by atoms with van der Waals surface area (Å²) < 4.78 is 0. The van der Waals surface area contributed by atoms with E-state index in [9.17, 15) is 15.0 Å². The van der Waals surface area contributed by atoms with Gasteiger partial charge < -0.3 is 10.2 Å². The lowest BCUT2D eigenvalue weighted by atomic mass is 9.55. The van der Waals surface area contributed by atoms with Crippen molar-refractivity contribution in [2.24, 2.45) is 5.92 Å². The molecule has 0 unspecified atom stereocenters. The molecule has 3 atom stereocenters. The topological polar surface area (TPSA) is 57.5 Å². The molecule has 106 valence electrons. The maximum absolute atomic E-state index is 11.8. The number of carbonyl (C=O) groups is 1. The van der Waals surface area contributed by atoms with Gasteiger partial charge in [-0.15, -0.1) is 6.58 Å². The van der Waals surface area contributed by atoms with Crippen LogP contribution in [0.2, 0.25) is 0 Å². The molecule has 3 nitrogen and oxygen atoms in total. The van der Waals surface area contributed by atoms with Crippen LogP contribution < -0.4 is 0 Å². The molecule has 0 aliphatic heterocycles. The molecule has 0 bridgehead atoms. The zero-order valence-corrected chi connectivity index (χ0v) is 11.5. The summed E-state index contributed by atoms with van der Waals surface area (Å²) >= 11 is 0. The SMILES string of the molecule is C=CC[C@@]12C[C@H](O)C(=O)C[C@H]1CCc1cc(O)ccc12. The number of phenols is 1. The number of carbonyl (C=O) groups excluding carboxylic acids is 1. The highest BCUT2D eigenvalue weighted by Gasteiger charge is 2.49. The van der Waals surface area contributed by atoms with Gasteiger partial charge in [0.05, 0.1) is 0 Å². The summed E-state index contributed by atoms with van der Waals surface area (Å²) in [5, 5.41) is 19.7. The third-order valence-corrected chi connectivity index (χ3v) is 5.05. The first kappa shape index (κ1) is 13.4. The molecule has 0 amide bonds. The number of benzene rings is 1. The van der Waals surface area contributed by atoms with Crippen molar-refractivity contribution in [3.63, 3.8) is 0 Å². The first-order valence-corrected chi connectivity index (χ1v) is 7.21. The fourth-order valence-electron chi connectivity index (χ4n) is 4.13. The van der Waals surface area contributed by atoms with Crippen LogP contribution in [0.3, 0.4) is 0 Å². The molecule has 1 saturated carbocycles. The highest BCUT2D eigenvalue weighted by atomic mass is 16.3. The number of hydrogen-bond acceptors (Lipinski definition) is 3. The molecule has 1 aromatic rings. The van der Waals surface area contributed by atoms with E-state index in [1.807, 2.05) is 18.2 Å². The molecule has 1 fully saturated rings. The molecular formula is C17H20O3. The van der Waals surface area contributed by atoms with E-state index in [2.05, 4.69) is 6.58 Å². The van der Waals surface area contributed by atoms with Crippen LogP contribution in [-0.4, -0.2) is 22.1 Å². The van der Waals surface area contributed by atoms with Crippen LogP contribution in [0.1, 0.15) is 36.8 Å². The molecular weight excluding hydrogens is 252 g/mol. The predicted molar refractivity (Wildman–Crippen MR) is 76.7 cm³/mol. The average molecular weight is 272 g/mol. The molecule has 0 radical (unpaired) electrons. The molecule has 0 aromatic heterocycles. The number of allylic oxidation sites excluding steroid dienone is 1. The maximum Gasteiger partial charge on any atom is 0.161 e. The largest absolute Gasteiger partial charge is 0.508 e. The predicted octanol–water partition coefficient (Wildman–Crippen LogP) is 2.49. The summed E-state index contributed by atoms with van der Waals surface area (Å²) in [7, 11) is 0. The molecule has 20 heavy (non-hydrogen) atoms. The molecule has 0 saturated heterocycles. The van der Waals surface area contributed by atoms with Gasteiger partial charge in [-0.25, -0.2) is 0 Å². The molecule has 1 aromatic carbocycles. The van der Waals surface area contributed by atoms with E-state index in [0.29, 0.717) is 12.8 Å². The van der Waals surface area contributed by atoms with Crippen LogP contribution in [-0.2, 0) is 16.6 Å². The monoisotopic (exact) mass is 272 g/mol. The van der Waals surface area contributed by atoms with Crippen molar-refractivity contribution in [1.82, 2.24) is 0 Å². The summed E-state index contributed by atoms with van der Waals surface area (Å²) in [5.74, 6) is 0.522. The summed E-state index contributed by atoms with van der Waals surface area (Å²) in [4.78, 5) is 11.8. The Kier molecular flexibility index (Phi) is 3.17. The minimum Gasteiger partial charge on any atom is -0.508 e. The van der Waals surface area contributed by atoms with Crippen LogP contribution in [0, 0.1) is 5.92 Å². The van der Waals surface area contributed by atoms with Crippen molar-refractivity contribution < 1.29 is 15.0 Å².